The molecule has 1 aliphatic heterocycles. The Kier molecular flexibility index (Phi) is 4.88. The summed E-state index contributed by atoms with van der Waals surface area (Å²) < 4.78 is 38.5. The van der Waals surface area contributed by atoms with Crippen molar-refractivity contribution >= 4 is 17.3 Å². The van der Waals surface area contributed by atoms with Gasteiger partial charge >= 0.3 is 12.1 Å². The third-order valence-corrected chi connectivity index (χ3v) is 5.55. The van der Waals surface area contributed by atoms with E-state index in [9.17, 15) is 23.1 Å². The minimum Gasteiger partial charge on any atom is -0.480 e. The molecule has 0 amide bonds. The minimum absolute atomic E-state index is 0.343. The Morgan fingerprint density at radius 3 is 2.44 bits per heavy atom. The van der Waals surface area contributed by atoms with E-state index in [1.165, 1.54) is 12.1 Å². The number of alkyl halides is 3. The largest absolute Gasteiger partial charge is 0.480 e. The monoisotopic (exact) mass is 369 g/mol. The van der Waals surface area contributed by atoms with E-state index in [4.69, 9.17) is 0 Å². The molecule has 1 aromatic heterocycles. The fourth-order valence-corrected chi connectivity index (χ4v) is 4.36. The number of rotatable bonds is 4. The number of halogens is 3. The van der Waals surface area contributed by atoms with E-state index in [-0.39, 0.29) is 6.04 Å². The first-order chi connectivity index (χ1) is 11.8. The average molecular weight is 369 g/mol. The van der Waals surface area contributed by atoms with Gasteiger partial charge in [0.1, 0.15) is 6.04 Å². The molecular weight excluding hydrogens is 351 g/mol. The number of likely N-dealkylation sites (tertiary alicyclic amines) is 1. The van der Waals surface area contributed by atoms with Gasteiger partial charge in [-0.05, 0) is 49.6 Å². The van der Waals surface area contributed by atoms with Crippen LogP contribution in [0, 0.1) is 6.92 Å². The van der Waals surface area contributed by atoms with E-state index in [0.717, 1.165) is 28.3 Å². The number of thiophene rings is 1. The van der Waals surface area contributed by atoms with Crippen LogP contribution in [0.25, 0.3) is 0 Å². The Morgan fingerprint density at radius 1 is 1.24 bits per heavy atom. The molecule has 2 unspecified atom stereocenters. The second-order valence-electron chi connectivity index (χ2n) is 6.20. The number of hydrogen-bond donors (Lipinski definition) is 1. The first-order valence-electron chi connectivity index (χ1n) is 7.99. The summed E-state index contributed by atoms with van der Waals surface area (Å²) in [6, 6.07) is 7.96. The molecule has 1 saturated heterocycles. The molecule has 7 heteroatoms. The van der Waals surface area contributed by atoms with E-state index in [2.05, 4.69) is 0 Å². The molecule has 0 spiro atoms. The molecule has 1 N–H and O–H groups in total. The number of aliphatic carboxylic acids is 1. The van der Waals surface area contributed by atoms with Gasteiger partial charge in [-0.1, -0.05) is 12.1 Å². The van der Waals surface area contributed by atoms with E-state index >= 15 is 0 Å². The van der Waals surface area contributed by atoms with Crippen molar-refractivity contribution < 1.29 is 23.1 Å². The maximum Gasteiger partial charge on any atom is 0.416 e. The first-order valence-corrected chi connectivity index (χ1v) is 8.81. The van der Waals surface area contributed by atoms with Gasteiger partial charge in [0.2, 0.25) is 0 Å². The van der Waals surface area contributed by atoms with Crippen LogP contribution in [0.2, 0.25) is 0 Å². The second-order valence-corrected chi connectivity index (χ2v) is 7.52. The Bertz CT molecular complexity index is 754. The van der Waals surface area contributed by atoms with E-state index in [1.807, 2.05) is 24.0 Å². The maximum atomic E-state index is 12.8. The zero-order valence-electron chi connectivity index (χ0n) is 13.6. The highest BCUT2D eigenvalue weighted by Gasteiger charge is 2.38. The third-order valence-electron chi connectivity index (χ3n) is 4.50. The Hall–Kier alpha value is -1.86. The molecular formula is C18H18F3NO2S. The SMILES string of the molecule is Cc1ccc(C(c2ccc(C(F)(F)F)cc2)N2CCCC2C(=O)O)s1. The van der Waals surface area contributed by atoms with E-state index in [1.54, 1.807) is 11.3 Å². The number of carboxylic acids is 1. The standard InChI is InChI=1S/C18H18F3NO2S/c1-11-4-9-15(25-11)16(22-10-2-3-14(22)17(23)24)12-5-7-13(8-6-12)18(19,20)21/h4-9,14,16H,2-3,10H2,1H3,(H,23,24). The van der Waals surface area contributed by atoms with Crippen LogP contribution in [-0.4, -0.2) is 28.6 Å². The molecule has 0 radical (unpaired) electrons. The Balaban J connectivity index is 2.01. The average Bonchev–Trinajstić information content (AvgIpc) is 3.17. The van der Waals surface area contributed by atoms with Gasteiger partial charge in [-0.3, -0.25) is 9.69 Å². The quantitative estimate of drug-likeness (QED) is 0.848. The van der Waals surface area contributed by atoms with Crippen molar-refractivity contribution in [1.82, 2.24) is 4.90 Å². The van der Waals surface area contributed by atoms with Gasteiger partial charge in [0.05, 0.1) is 11.6 Å². The minimum atomic E-state index is -4.38. The lowest BCUT2D eigenvalue weighted by Crippen LogP contribution is -2.39. The first kappa shape index (κ1) is 17.9. The Labute approximate surface area is 147 Å². The van der Waals surface area contributed by atoms with Crippen LogP contribution >= 0.6 is 11.3 Å². The van der Waals surface area contributed by atoms with Crippen molar-refractivity contribution in [3.63, 3.8) is 0 Å². The molecule has 134 valence electrons. The van der Waals surface area contributed by atoms with Gasteiger partial charge in [0, 0.05) is 16.3 Å². The molecule has 1 aromatic carbocycles. The lowest BCUT2D eigenvalue weighted by atomic mass is 10.0. The summed E-state index contributed by atoms with van der Waals surface area (Å²) in [5, 5.41) is 9.50. The number of aryl methyl sites for hydroxylation is 1. The van der Waals surface area contributed by atoms with Crippen molar-refractivity contribution in [2.24, 2.45) is 0 Å². The summed E-state index contributed by atoms with van der Waals surface area (Å²) in [7, 11) is 0. The highest BCUT2D eigenvalue weighted by molar-refractivity contribution is 7.12. The number of benzene rings is 1. The molecule has 0 bridgehead atoms. The predicted molar refractivity (Wildman–Crippen MR) is 89.7 cm³/mol. The van der Waals surface area contributed by atoms with Crippen LogP contribution in [0.4, 0.5) is 13.2 Å². The number of nitrogens with zero attached hydrogens (tertiary/aromatic N) is 1. The molecule has 3 rings (SSSR count). The molecule has 25 heavy (non-hydrogen) atoms. The summed E-state index contributed by atoms with van der Waals surface area (Å²) in [5.41, 5.74) is -0.0171. The maximum absolute atomic E-state index is 12.8. The van der Waals surface area contributed by atoms with Crippen LogP contribution < -0.4 is 0 Å². The third kappa shape index (κ3) is 3.72. The van der Waals surface area contributed by atoms with Crippen molar-refractivity contribution in [3.8, 4) is 0 Å². The Morgan fingerprint density at radius 2 is 1.92 bits per heavy atom. The van der Waals surface area contributed by atoms with Crippen molar-refractivity contribution in [3.05, 3.63) is 57.3 Å². The highest BCUT2D eigenvalue weighted by Crippen LogP contribution is 2.39. The van der Waals surface area contributed by atoms with Crippen LogP contribution in [0.1, 0.15) is 39.8 Å². The molecule has 1 fully saturated rings. The molecule has 2 heterocycles. The van der Waals surface area contributed by atoms with Gasteiger partial charge < -0.3 is 5.11 Å². The van der Waals surface area contributed by atoms with Gasteiger partial charge in [0.25, 0.3) is 0 Å². The van der Waals surface area contributed by atoms with Crippen molar-refractivity contribution in [2.75, 3.05) is 6.54 Å². The summed E-state index contributed by atoms with van der Waals surface area (Å²) in [4.78, 5) is 15.5. The van der Waals surface area contributed by atoms with E-state index < -0.39 is 23.8 Å². The molecule has 0 saturated carbocycles. The molecule has 3 nitrogen and oxygen atoms in total. The summed E-state index contributed by atoms with van der Waals surface area (Å²) in [6.45, 7) is 2.57. The molecule has 2 aromatic rings. The summed E-state index contributed by atoms with van der Waals surface area (Å²) in [5.74, 6) is -0.886. The number of carboxylic acid groups (broad SMARTS) is 1. The predicted octanol–water partition coefficient (Wildman–Crippen LogP) is 4.71. The fourth-order valence-electron chi connectivity index (χ4n) is 3.34. The fraction of sp³-hybridized carbons (Fsp3) is 0.389. The highest BCUT2D eigenvalue weighted by atomic mass is 32.1. The zero-order valence-corrected chi connectivity index (χ0v) is 14.4. The molecule has 1 aliphatic rings. The van der Waals surface area contributed by atoms with Gasteiger partial charge in [-0.15, -0.1) is 11.3 Å². The van der Waals surface area contributed by atoms with Gasteiger partial charge in [-0.2, -0.15) is 13.2 Å². The topological polar surface area (TPSA) is 40.5 Å². The smallest absolute Gasteiger partial charge is 0.416 e. The molecule has 0 aliphatic carbocycles. The second kappa shape index (κ2) is 6.80. The van der Waals surface area contributed by atoms with Crippen LogP contribution in [0.3, 0.4) is 0 Å². The van der Waals surface area contributed by atoms with Gasteiger partial charge in [-0.25, -0.2) is 0 Å². The van der Waals surface area contributed by atoms with Crippen molar-refractivity contribution in [2.45, 2.75) is 38.0 Å². The normalized spacial score (nSPS) is 19.9. The summed E-state index contributed by atoms with van der Waals surface area (Å²) >= 11 is 1.54. The number of carbonyl (C=O) groups is 1. The molecule has 2 atom stereocenters. The number of hydrogen-bond acceptors (Lipinski definition) is 3. The van der Waals surface area contributed by atoms with Crippen molar-refractivity contribution in [1.29, 1.82) is 0 Å². The lowest BCUT2D eigenvalue weighted by Gasteiger charge is -2.31. The zero-order chi connectivity index (χ0) is 18.2. The van der Waals surface area contributed by atoms with Crippen LogP contribution in [-0.2, 0) is 11.0 Å². The van der Waals surface area contributed by atoms with Crippen LogP contribution in [0.5, 0.6) is 0 Å². The van der Waals surface area contributed by atoms with E-state index in [0.29, 0.717) is 18.5 Å². The van der Waals surface area contributed by atoms with Gasteiger partial charge in [0.15, 0.2) is 0 Å². The van der Waals surface area contributed by atoms with Crippen LogP contribution in [0.15, 0.2) is 36.4 Å². The lowest BCUT2D eigenvalue weighted by molar-refractivity contribution is -0.142. The summed E-state index contributed by atoms with van der Waals surface area (Å²) in [6.07, 6.45) is -3.07.